The zero-order chi connectivity index (χ0) is 15.5. The van der Waals surface area contributed by atoms with E-state index in [1.54, 1.807) is 12.1 Å². The van der Waals surface area contributed by atoms with Crippen molar-refractivity contribution in [1.29, 1.82) is 0 Å². The van der Waals surface area contributed by atoms with Crippen LogP contribution in [-0.4, -0.2) is 11.1 Å². The van der Waals surface area contributed by atoms with Gasteiger partial charge in [0.2, 0.25) is 0 Å². The molecule has 0 bridgehead atoms. The number of carboxylic acids is 1. The predicted molar refractivity (Wildman–Crippen MR) is 86.5 cm³/mol. The number of nitrogen functional groups attached to an aromatic ring is 2. The monoisotopic (exact) mass is 290 g/mol. The zero-order valence-electron chi connectivity index (χ0n) is 12.8. The van der Waals surface area contributed by atoms with Gasteiger partial charge in [-0.05, 0) is 42.4 Å². The summed E-state index contributed by atoms with van der Waals surface area (Å²) >= 11 is 0. The Labute approximate surface area is 126 Å². The third-order valence-corrected chi connectivity index (χ3v) is 4.77. The van der Waals surface area contributed by atoms with Crippen LogP contribution in [-0.2, 0) is 5.41 Å². The molecule has 4 heteroatoms. The van der Waals surface area contributed by atoms with Crippen molar-refractivity contribution < 1.29 is 9.90 Å². The molecule has 21 heavy (non-hydrogen) atoms. The van der Waals surface area contributed by atoms with Gasteiger partial charge in [-0.1, -0.05) is 39.0 Å². The maximum Gasteiger partial charge on any atom is 0.336 e. The second-order valence-electron chi connectivity index (χ2n) is 6.28. The van der Waals surface area contributed by atoms with Gasteiger partial charge in [0.05, 0.1) is 5.56 Å². The average Bonchev–Trinajstić information content (AvgIpc) is 2.45. The molecule has 2 rings (SSSR count). The van der Waals surface area contributed by atoms with Gasteiger partial charge in [0.25, 0.3) is 0 Å². The molecule has 0 radical (unpaired) electrons. The lowest BCUT2D eigenvalue weighted by atomic mass is 9.65. The second kappa shape index (κ2) is 6.37. The fourth-order valence-corrected chi connectivity index (χ4v) is 3.82. The number of carbonyl (C=O) groups is 1. The number of benzene rings is 1. The van der Waals surface area contributed by atoms with E-state index in [0.29, 0.717) is 16.9 Å². The quantitative estimate of drug-likeness (QED) is 0.716. The van der Waals surface area contributed by atoms with Crippen molar-refractivity contribution in [3.8, 4) is 0 Å². The van der Waals surface area contributed by atoms with E-state index in [4.69, 9.17) is 11.5 Å². The standard InChI is InChI=1S/C17H26N2O2/c1-2-3-7-17(8-5-4-6-9-17)15-13(16(20)21)10-12(18)11-14(15)19/h10-11H,2-9,18-19H2,1H3,(H,20,21). The highest BCUT2D eigenvalue weighted by atomic mass is 16.4. The first-order valence-corrected chi connectivity index (χ1v) is 7.93. The lowest BCUT2D eigenvalue weighted by Gasteiger charge is -2.40. The largest absolute Gasteiger partial charge is 0.478 e. The van der Waals surface area contributed by atoms with Crippen molar-refractivity contribution in [3.63, 3.8) is 0 Å². The molecule has 0 saturated heterocycles. The van der Waals surface area contributed by atoms with Gasteiger partial charge in [-0.3, -0.25) is 0 Å². The molecule has 0 amide bonds. The Morgan fingerprint density at radius 3 is 2.48 bits per heavy atom. The molecule has 0 aliphatic heterocycles. The van der Waals surface area contributed by atoms with Crippen LogP contribution in [0, 0.1) is 0 Å². The maximum absolute atomic E-state index is 11.7. The Bertz CT molecular complexity index is 520. The Morgan fingerprint density at radius 2 is 1.90 bits per heavy atom. The van der Waals surface area contributed by atoms with Crippen LogP contribution in [0.5, 0.6) is 0 Å². The minimum atomic E-state index is -0.926. The Morgan fingerprint density at radius 1 is 1.24 bits per heavy atom. The van der Waals surface area contributed by atoms with Gasteiger partial charge in [-0.15, -0.1) is 0 Å². The summed E-state index contributed by atoms with van der Waals surface area (Å²) in [5.41, 5.74) is 14.0. The molecule has 0 spiro atoms. The van der Waals surface area contributed by atoms with E-state index in [9.17, 15) is 9.90 Å². The molecular weight excluding hydrogens is 264 g/mol. The number of anilines is 2. The highest BCUT2D eigenvalue weighted by Crippen LogP contribution is 2.47. The molecule has 1 fully saturated rings. The van der Waals surface area contributed by atoms with E-state index in [-0.39, 0.29) is 5.41 Å². The fourth-order valence-electron chi connectivity index (χ4n) is 3.82. The number of aromatic carboxylic acids is 1. The summed E-state index contributed by atoms with van der Waals surface area (Å²) in [7, 11) is 0. The fraction of sp³-hybridized carbons (Fsp3) is 0.588. The molecule has 0 unspecified atom stereocenters. The normalized spacial score (nSPS) is 17.6. The molecule has 0 heterocycles. The number of carboxylic acid groups (broad SMARTS) is 1. The van der Waals surface area contributed by atoms with Crippen LogP contribution in [0.1, 0.15) is 74.2 Å². The summed E-state index contributed by atoms with van der Waals surface area (Å²) in [6.45, 7) is 2.17. The number of hydrogen-bond donors (Lipinski definition) is 3. The predicted octanol–water partition coefficient (Wildman–Crippen LogP) is 3.94. The van der Waals surface area contributed by atoms with Crippen molar-refractivity contribution in [2.75, 3.05) is 11.5 Å². The molecular formula is C17H26N2O2. The van der Waals surface area contributed by atoms with Crippen LogP contribution < -0.4 is 11.5 Å². The first-order chi connectivity index (χ1) is 10.00. The molecule has 0 aromatic heterocycles. The molecule has 1 aromatic rings. The zero-order valence-corrected chi connectivity index (χ0v) is 12.8. The molecule has 4 nitrogen and oxygen atoms in total. The van der Waals surface area contributed by atoms with Crippen LogP contribution in [0.25, 0.3) is 0 Å². The van der Waals surface area contributed by atoms with Crippen molar-refractivity contribution in [3.05, 3.63) is 23.3 Å². The van der Waals surface area contributed by atoms with Gasteiger partial charge in [0.15, 0.2) is 0 Å². The number of nitrogens with two attached hydrogens (primary N) is 2. The van der Waals surface area contributed by atoms with Crippen molar-refractivity contribution in [2.45, 2.75) is 63.7 Å². The molecule has 5 N–H and O–H groups in total. The third-order valence-electron chi connectivity index (χ3n) is 4.77. The van der Waals surface area contributed by atoms with Gasteiger partial charge >= 0.3 is 5.97 Å². The second-order valence-corrected chi connectivity index (χ2v) is 6.28. The van der Waals surface area contributed by atoms with Crippen LogP contribution in [0.2, 0.25) is 0 Å². The summed E-state index contributed by atoms with van der Waals surface area (Å²) < 4.78 is 0. The Hall–Kier alpha value is -1.71. The summed E-state index contributed by atoms with van der Waals surface area (Å²) in [4.78, 5) is 11.7. The lowest BCUT2D eigenvalue weighted by Crippen LogP contribution is -2.32. The van der Waals surface area contributed by atoms with Crippen LogP contribution in [0.3, 0.4) is 0 Å². The maximum atomic E-state index is 11.7. The van der Waals surface area contributed by atoms with E-state index in [1.807, 2.05) is 0 Å². The highest BCUT2D eigenvalue weighted by molar-refractivity contribution is 5.93. The first-order valence-electron chi connectivity index (χ1n) is 7.93. The molecule has 1 aliphatic carbocycles. The number of unbranched alkanes of at least 4 members (excludes halogenated alkanes) is 1. The van der Waals surface area contributed by atoms with Gasteiger partial charge in [-0.25, -0.2) is 4.79 Å². The lowest BCUT2D eigenvalue weighted by molar-refractivity contribution is 0.0692. The van der Waals surface area contributed by atoms with E-state index in [1.165, 1.54) is 6.42 Å². The molecule has 116 valence electrons. The van der Waals surface area contributed by atoms with E-state index >= 15 is 0 Å². The number of rotatable bonds is 5. The topological polar surface area (TPSA) is 89.3 Å². The third kappa shape index (κ3) is 3.14. The summed E-state index contributed by atoms with van der Waals surface area (Å²) in [6.07, 6.45) is 8.80. The van der Waals surface area contributed by atoms with Crippen LogP contribution >= 0.6 is 0 Å². The Kier molecular flexibility index (Phi) is 4.76. The summed E-state index contributed by atoms with van der Waals surface area (Å²) in [5.74, 6) is -0.926. The first kappa shape index (κ1) is 15.7. The molecule has 0 atom stereocenters. The Balaban J connectivity index is 2.55. The van der Waals surface area contributed by atoms with E-state index < -0.39 is 5.97 Å². The molecule has 1 saturated carbocycles. The molecule has 1 aromatic carbocycles. The van der Waals surface area contributed by atoms with Crippen molar-refractivity contribution >= 4 is 17.3 Å². The molecule has 1 aliphatic rings. The van der Waals surface area contributed by atoms with Gasteiger partial charge in [0.1, 0.15) is 0 Å². The number of hydrogen-bond acceptors (Lipinski definition) is 3. The van der Waals surface area contributed by atoms with Gasteiger partial charge < -0.3 is 16.6 Å². The van der Waals surface area contributed by atoms with Crippen LogP contribution in [0.4, 0.5) is 11.4 Å². The van der Waals surface area contributed by atoms with Gasteiger partial charge in [0, 0.05) is 11.4 Å². The van der Waals surface area contributed by atoms with E-state index in [0.717, 1.165) is 50.5 Å². The highest BCUT2D eigenvalue weighted by Gasteiger charge is 2.37. The van der Waals surface area contributed by atoms with E-state index in [2.05, 4.69) is 6.92 Å². The van der Waals surface area contributed by atoms with Crippen molar-refractivity contribution in [1.82, 2.24) is 0 Å². The van der Waals surface area contributed by atoms with Crippen LogP contribution in [0.15, 0.2) is 12.1 Å². The smallest absolute Gasteiger partial charge is 0.336 e. The summed E-state index contributed by atoms with van der Waals surface area (Å²) in [5, 5.41) is 9.57. The minimum absolute atomic E-state index is 0.0836. The summed E-state index contributed by atoms with van der Waals surface area (Å²) in [6, 6.07) is 3.28. The van der Waals surface area contributed by atoms with Gasteiger partial charge in [-0.2, -0.15) is 0 Å². The van der Waals surface area contributed by atoms with Crippen molar-refractivity contribution in [2.24, 2.45) is 0 Å². The minimum Gasteiger partial charge on any atom is -0.478 e. The SMILES string of the molecule is CCCCC1(c2c(N)cc(N)cc2C(=O)O)CCCCC1. The average molecular weight is 290 g/mol.